The predicted octanol–water partition coefficient (Wildman–Crippen LogP) is 3.03. The third kappa shape index (κ3) is 3.37. The van der Waals surface area contributed by atoms with Gasteiger partial charge in [0.15, 0.2) is 0 Å². The molecule has 1 aromatic rings. The number of benzene rings is 1. The van der Waals surface area contributed by atoms with Gasteiger partial charge in [0.2, 0.25) is 0 Å². The second kappa shape index (κ2) is 6.75. The molecule has 1 fully saturated rings. The molecule has 1 aliphatic rings. The van der Waals surface area contributed by atoms with Gasteiger partial charge in [-0.3, -0.25) is 4.31 Å². The molecule has 4 nitrogen and oxygen atoms in total. The first-order valence-electron chi connectivity index (χ1n) is 7.41. The van der Waals surface area contributed by atoms with Crippen molar-refractivity contribution >= 4 is 32.9 Å². The van der Waals surface area contributed by atoms with Crippen molar-refractivity contribution in [3.05, 3.63) is 24.3 Å². The van der Waals surface area contributed by atoms with Crippen LogP contribution in [-0.4, -0.2) is 37.3 Å². The van der Waals surface area contributed by atoms with Crippen LogP contribution in [0.3, 0.4) is 0 Å². The zero-order valence-electron chi connectivity index (χ0n) is 12.6. The molecule has 0 radical (unpaired) electrons. The van der Waals surface area contributed by atoms with Gasteiger partial charge < -0.3 is 4.90 Å². The highest BCUT2D eigenvalue weighted by atomic mass is 32.2. The zero-order valence-corrected chi connectivity index (χ0v) is 14.2. The fraction of sp³-hybridized carbons (Fsp3) is 0.533. The maximum atomic E-state index is 12.6. The quantitative estimate of drug-likeness (QED) is 0.780. The third-order valence-electron chi connectivity index (χ3n) is 3.83. The van der Waals surface area contributed by atoms with Crippen molar-refractivity contribution in [2.75, 3.05) is 24.5 Å². The second-order valence-electron chi connectivity index (χ2n) is 5.09. The van der Waals surface area contributed by atoms with Gasteiger partial charge in [0.1, 0.15) is 0 Å². The average Bonchev–Trinajstić information content (AvgIpc) is 2.49. The maximum Gasteiger partial charge on any atom is 0.264 e. The minimum absolute atomic E-state index is 0.322. The highest BCUT2D eigenvalue weighted by Gasteiger charge is 2.28. The van der Waals surface area contributed by atoms with E-state index in [2.05, 4.69) is 18.7 Å². The van der Waals surface area contributed by atoms with Crippen LogP contribution in [0.15, 0.2) is 29.2 Å². The summed E-state index contributed by atoms with van der Waals surface area (Å²) in [6.45, 7) is 6.47. The highest BCUT2D eigenvalue weighted by molar-refractivity contribution is 7.91. The average molecular weight is 326 g/mol. The third-order valence-corrected chi connectivity index (χ3v) is 6.22. The summed E-state index contributed by atoms with van der Waals surface area (Å²) in [6, 6.07) is 7.10. The van der Waals surface area contributed by atoms with Crippen LogP contribution >= 0.6 is 12.2 Å². The molecule has 1 aliphatic heterocycles. The maximum absolute atomic E-state index is 12.6. The van der Waals surface area contributed by atoms with Gasteiger partial charge in [0.25, 0.3) is 10.0 Å². The molecule has 116 valence electrons. The van der Waals surface area contributed by atoms with E-state index in [9.17, 15) is 8.42 Å². The topological polar surface area (TPSA) is 40.6 Å². The van der Waals surface area contributed by atoms with E-state index in [0.717, 1.165) is 31.6 Å². The lowest BCUT2D eigenvalue weighted by molar-refractivity contribution is 0.484. The summed E-state index contributed by atoms with van der Waals surface area (Å²) in [6.07, 6.45) is 2.54. The van der Waals surface area contributed by atoms with Gasteiger partial charge >= 0.3 is 0 Å². The summed E-state index contributed by atoms with van der Waals surface area (Å²) < 4.78 is 26.7. The smallest absolute Gasteiger partial charge is 0.264 e. The SMILES string of the molecule is CCN(CC)c1ccc(S(=O)(=O)N2CCCCC2=S)cc1. The molecule has 2 rings (SSSR count). The van der Waals surface area contributed by atoms with Crippen molar-refractivity contribution < 1.29 is 8.42 Å². The van der Waals surface area contributed by atoms with Gasteiger partial charge in [-0.15, -0.1) is 0 Å². The van der Waals surface area contributed by atoms with Crippen LogP contribution in [0.1, 0.15) is 33.1 Å². The number of hydrogen-bond acceptors (Lipinski definition) is 4. The van der Waals surface area contributed by atoms with Crippen LogP contribution in [0, 0.1) is 0 Å². The molecule has 1 heterocycles. The van der Waals surface area contributed by atoms with E-state index >= 15 is 0 Å². The Hall–Kier alpha value is -1.14. The molecule has 1 aromatic carbocycles. The Balaban J connectivity index is 2.26. The molecule has 0 atom stereocenters. The van der Waals surface area contributed by atoms with Crippen LogP contribution in [0.4, 0.5) is 5.69 Å². The summed E-state index contributed by atoms with van der Waals surface area (Å²) in [5.41, 5.74) is 1.04. The van der Waals surface area contributed by atoms with E-state index in [1.165, 1.54) is 4.31 Å². The van der Waals surface area contributed by atoms with Crippen LogP contribution in [0.5, 0.6) is 0 Å². The van der Waals surface area contributed by atoms with Crippen LogP contribution in [0.25, 0.3) is 0 Å². The van der Waals surface area contributed by atoms with Crippen molar-refractivity contribution in [1.82, 2.24) is 4.31 Å². The van der Waals surface area contributed by atoms with E-state index in [1.807, 2.05) is 12.1 Å². The van der Waals surface area contributed by atoms with E-state index in [-0.39, 0.29) is 0 Å². The molecule has 0 aliphatic carbocycles. The standard InChI is InChI=1S/C15H22N2O2S2/c1-3-16(4-2)13-8-10-14(11-9-13)21(18,19)17-12-6-5-7-15(17)20/h8-11H,3-7,12H2,1-2H3. The second-order valence-corrected chi connectivity index (χ2v) is 7.43. The van der Waals surface area contributed by atoms with Crippen LogP contribution in [0.2, 0.25) is 0 Å². The molecule has 0 N–H and O–H groups in total. The Bertz CT molecular complexity index is 593. The van der Waals surface area contributed by atoms with Gasteiger partial charge in [-0.05, 0) is 57.4 Å². The van der Waals surface area contributed by atoms with Crippen molar-refractivity contribution in [2.45, 2.75) is 38.0 Å². The lowest BCUT2D eigenvalue weighted by Crippen LogP contribution is -2.39. The van der Waals surface area contributed by atoms with E-state index < -0.39 is 10.0 Å². The molecule has 1 saturated heterocycles. The minimum atomic E-state index is -3.49. The molecular formula is C15H22N2O2S2. The monoisotopic (exact) mass is 326 g/mol. The number of nitrogens with zero attached hydrogens (tertiary/aromatic N) is 2. The molecular weight excluding hydrogens is 304 g/mol. The lowest BCUT2D eigenvalue weighted by Gasteiger charge is -2.29. The zero-order chi connectivity index (χ0) is 15.5. The van der Waals surface area contributed by atoms with E-state index in [1.54, 1.807) is 12.1 Å². The molecule has 21 heavy (non-hydrogen) atoms. The Kier molecular flexibility index (Phi) is 5.22. The number of hydrogen-bond donors (Lipinski definition) is 0. The van der Waals surface area contributed by atoms with Crippen LogP contribution < -0.4 is 4.90 Å². The van der Waals surface area contributed by atoms with Crippen molar-refractivity contribution in [3.8, 4) is 0 Å². The fourth-order valence-corrected chi connectivity index (χ4v) is 4.57. The minimum Gasteiger partial charge on any atom is -0.372 e. The van der Waals surface area contributed by atoms with Gasteiger partial charge in [0, 0.05) is 25.3 Å². The molecule has 0 unspecified atom stereocenters. The normalized spacial score (nSPS) is 16.1. The van der Waals surface area contributed by atoms with Gasteiger partial charge in [-0.25, -0.2) is 8.42 Å². The molecule has 0 amide bonds. The van der Waals surface area contributed by atoms with Crippen molar-refractivity contribution in [3.63, 3.8) is 0 Å². The molecule has 0 spiro atoms. The highest BCUT2D eigenvalue weighted by Crippen LogP contribution is 2.24. The molecule has 6 heteroatoms. The molecule has 0 bridgehead atoms. The first-order valence-corrected chi connectivity index (χ1v) is 9.26. The number of thiocarbonyl (C=S) groups is 1. The first kappa shape index (κ1) is 16.2. The summed E-state index contributed by atoms with van der Waals surface area (Å²) in [5, 5.41) is 0. The number of rotatable bonds is 5. The van der Waals surface area contributed by atoms with Gasteiger partial charge in [0.05, 0.1) is 9.88 Å². The summed E-state index contributed by atoms with van der Waals surface area (Å²) >= 11 is 5.22. The number of anilines is 1. The van der Waals surface area contributed by atoms with Crippen LogP contribution in [-0.2, 0) is 10.0 Å². The van der Waals surface area contributed by atoms with Crippen molar-refractivity contribution in [2.24, 2.45) is 0 Å². The largest absolute Gasteiger partial charge is 0.372 e. The molecule has 0 saturated carbocycles. The Labute approximate surface area is 132 Å². The van der Waals surface area contributed by atoms with Crippen molar-refractivity contribution in [1.29, 1.82) is 0 Å². The Morgan fingerprint density at radius 1 is 1.14 bits per heavy atom. The van der Waals surface area contributed by atoms with Gasteiger partial charge in [-0.1, -0.05) is 12.2 Å². The van der Waals surface area contributed by atoms with E-state index in [4.69, 9.17) is 12.2 Å². The Morgan fingerprint density at radius 3 is 2.29 bits per heavy atom. The Morgan fingerprint density at radius 2 is 1.76 bits per heavy atom. The summed E-state index contributed by atoms with van der Waals surface area (Å²) in [5.74, 6) is 0. The number of piperidine rings is 1. The predicted molar refractivity (Wildman–Crippen MR) is 90.3 cm³/mol. The summed E-state index contributed by atoms with van der Waals surface area (Å²) in [7, 11) is -3.49. The first-order chi connectivity index (χ1) is 10.0. The lowest BCUT2D eigenvalue weighted by atomic mass is 10.2. The molecule has 0 aromatic heterocycles. The van der Waals surface area contributed by atoms with Gasteiger partial charge in [-0.2, -0.15) is 0 Å². The fourth-order valence-electron chi connectivity index (χ4n) is 2.58. The summed E-state index contributed by atoms with van der Waals surface area (Å²) in [4.78, 5) is 3.04. The number of sulfonamides is 1. The van der Waals surface area contributed by atoms with E-state index in [0.29, 0.717) is 22.8 Å².